The molecule has 2 heterocycles. The zero-order valence-corrected chi connectivity index (χ0v) is 15.6. The van der Waals surface area contributed by atoms with Gasteiger partial charge in [0.25, 0.3) is 0 Å². The molecule has 1 N–H and O–H groups in total. The standard InChI is InChI=1S/C22H24N4O/c1-17-5-2-8-19(15-17)25-11-13-26(14-12-25)21(27)16-24-20-9-3-6-18-7-4-10-23-22(18)20/h2-10,15,24H,11-14,16H2,1H3. The van der Waals surface area contributed by atoms with Gasteiger partial charge in [0.05, 0.1) is 17.7 Å². The van der Waals surface area contributed by atoms with E-state index in [-0.39, 0.29) is 5.91 Å². The van der Waals surface area contributed by atoms with Crippen molar-refractivity contribution in [2.45, 2.75) is 6.92 Å². The number of amides is 1. The summed E-state index contributed by atoms with van der Waals surface area (Å²) in [4.78, 5) is 21.3. The van der Waals surface area contributed by atoms with Crippen LogP contribution < -0.4 is 10.2 Å². The SMILES string of the molecule is Cc1cccc(N2CCN(C(=O)CNc3cccc4cccnc34)CC2)c1. The minimum atomic E-state index is 0.131. The van der Waals surface area contributed by atoms with Crippen LogP contribution in [-0.4, -0.2) is 48.5 Å². The van der Waals surface area contributed by atoms with Gasteiger partial charge in [0.2, 0.25) is 5.91 Å². The summed E-state index contributed by atoms with van der Waals surface area (Å²) in [6.07, 6.45) is 1.78. The molecule has 5 heteroatoms. The predicted octanol–water partition coefficient (Wildman–Crippen LogP) is 3.30. The molecule has 1 aromatic heterocycles. The molecular weight excluding hydrogens is 336 g/mol. The van der Waals surface area contributed by atoms with Gasteiger partial charge in [-0.25, -0.2) is 0 Å². The third-order valence-corrected chi connectivity index (χ3v) is 5.06. The van der Waals surface area contributed by atoms with Crippen molar-refractivity contribution in [1.29, 1.82) is 0 Å². The van der Waals surface area contributed by atoms with Crippen LogP contribution in [0.3, 0.4) is 0 Å². The van der Waals surface area contributed by atoms with E-state index in [0.29, 0.717) is 6.54 Å². The number of aryl methyl sites for hydroxylation is 1. The van der Waals surface area contributed by atoms with E-state index < -0.39 is 0 Å². The van der Waals surface area contributed by atoms with Gasteiger partial charge in [-0.15, -0.1) is 0 Å². The van der Waals surface area contributed by atoms with Crippen LogP contribution in [0.1, 0.15) is 5.56 Å². The first-order valence-electron chi connectivity index (χ1n) is 9.38. The smallest absolute Gasteiger partial charge is 0.241 e. The molecule has 1 aliphatic heterocycles. The molecule has 27 heavy (non-hydrogen) atoms. The Bertz CT molecular complexity index is 942. The Morgan fingerprint density at radius 2 is 1.81 bits per heavy atom. The molecule has 2 aromatic carbocycles. The Balaban J connectivity index is 1.34. The second-order valence-corrected chi connectivity index (χ2v) is 6.94. The van der Waals surface area contributed by atoms with Crippen molar-refractivity contribution >= 4 is 28.2 Å². The third-order valence-electron chi connectivity index (χ3n) is 5.06. The van der Waals surface area contributed by atoms with Crippen LogP contribution in [0.15, 0.2) is 60.8 Å². The highest BCUT2D eigenvalue weighted by Gasteiger charge is 2.21. The minimum Gasteiger partial charge on any atom is -0.374 e. The molecular formula is C22H24N4O. The van der Waals surface area contributed by atoms with Gasteiger partial charge in [0.1, 0.15) is 0 Å². The fourth-order valence-electron chi connectivity index (χ4n) is 3.57. The van der Waals surface area contributed by atoms with Crippen LogP contribution in [0.2, 0.25) is 0 Å². The summed E-state index contributed by atoms with van der Waals surface area (Å²) in [5, 5.41) is 4.34. The molecule has 0 aliphatic carbocycles. The van der Waals surface area contributed by atoms with Crippen molar-refractivity contribution in [3.63, 3.8) is 0 Å². The van der Waals surface area contributed by atoms with Gasteiger partial charge in [-0.1, -0.05) is 30.3 Å². The van der Waals surface area contributed by atoms with E-state index in [0.717, 1.165) is 42.8 Å². The lowest BCUT2D eigenvalue weighted by molar-refractivity contribution is -0.129. The molecule has 3 aromatic rings. The van der Waals surface area contributed by atoms with Gasteiger partial charge in [-0.05, 0) is 36.8 Å². The minimum absolute atomic E-state index is 0.131. The van der Waals surface area contributed by atoms with Crippen molar-refractivity contribution in [2.75, 3.05) is 42.9 Å². The van der Waals surface area contributed by atoms with Crippen molar-refractivity contribution in [3.8, 4) is 0 Å². The number of nitrogens with one attached hydrogen (secondary N) is 1. The number of aromatic nitrogens is 1. The second kappa shape index (κ2) is 7.66. The largest absolute Gasteiger partial charge is 0.374 e. The van der Waals surface area contributed by atoms with Crippen molar-refractivity contribution in [1.82, 2.24) is 9.88 Å². The van der Waals surface area contributed by atoms with Crippen molar-refractivity contribution in [2.24, 2.45) is 0 Å². The van der Waals surface area contributed by atoms with Crippen LogP contribution in [0.4, 0.5) is 11.4 Å². The lowest BCUT2D eigenvalue weighted by atomic mass is 10.2. The molecule has 0 unspecified atom stereocenters. The normalized spacial score (nSPS) is 14.4. The summed E-state index contributed by atoms with van der Waals surface area (Å²) < 4.78 is 0. The highest BCUT2D eigenvalue weighted by atomic mass is 16.2. The topological polar surface area (TPSA) is 48.5 Å². The monoisotopic (exact) mass is 360 g/mol. The molecule has 1 fully saturated rings. The van der Waals surface area contributed by atoms with E-state index in [1.165, 1.54) is 11.3 Å². The number of fused-ring (bicyclic) bond motifs is 1. The molecule has 5 nitrogen and oxygen atoms in total. The van der Waals surface area contributed by atoms with Gasteiger partial charge in [-0.2, -0.15) is 0 Å². The zero-order chi connectivity index (χ0) is 18.6. The molecule has 1 amide bonds. The number of pyridine rings is 1. The molecule has 0 saturated carbocycles. The number of piperazine rings is 1. The van der Waals surface area contributed by atoms with E-state index in [9.17, 15) is 4.79 Å². The Kier molecular flexibility index (Phi) is 4.92. The van der Waals surface area contributed by atoms with E-state index in [2.05, 4.69) is 46.4 Å². The lowest BCUT2D eigenvalue weighted by Gasteiger charge is -2.36. The number of anilines is 2. The summed E-state index contributed by atoms with van der Waals surface area (Å²) in [6.45, 7) is 5.64. The molecule has 138 valence electrons. The Morgan fingerprint density at radius 1 is 1.04 bits per heavy atom. The van der Waals surface area contributed by atoms with Crippen molar-refractivity contribution < 1.29 is 4.79 Å². The average Bonchev–Trinajstić information content (AvgIpc) is 2.72. The van der Waals surface area contributed by atoms with E-state index in [1.807, 2.05) is 35.2 Å². The van der Waals surface area contributed by atoms with Crippen LogP contribution in [-0.2, 0) is 4.79 Å². The molecule has 1 aliphatic rings. The maximum Gasteiger partial charge on any atom is 0.241 e. The molecule has 0 atom stereocenters. The fourth-order valence-corrected chi connectivity index (χ4v) is 3.57. The molecule has 4 rings (SSSR count). The maximum atomic E-state index is 12.6. The lowest BCUT2D eigenvalue weighted by Crippen LogP contribution is -2.50. The van der Waals surface area contributed by atoms with Crippen LogP contribution in [0, 0.1) is 6.92 Å². The number of para-hydroxylation sites is 1. The van der Waals surface area contributed by atoms with E-state index >= 15 is 0 Å². The summed E-state index contributed by atoms with van der Waals surface area (Å²) in [5.41, 5.74) is 4.30. The maximum absolute atomic E-state index is 12.6. The summed E-state index contributed by atoms with van der Waals surface area (Å²) >= 11 is 0. The molecule has 0 bridgehead atoms. The molecule has 1 saturated heterocycles. The Morgan fingerprint density at radius 3 is 2.63 bits per heavy atom. The van der Waals surface area contributed by atoms with E-state index in [1.54, 1.807) is 6.20 Å². The second-order valence-electron chi connectivity index (χ2n) is 6.94. The third kappa shape index (κ3) is 3.87. The Labute approximate surface area is 159 Å². The number of benzene rings is 2. The number of carbonyl (C=O) groups is 1. The Hall–Kier alpha value is -3.08. The number of nitrogens with zero attached hydrogens (tertiary/aromatic N) is 3. The van der Waals surface area contributed by atoms with Crippen LogP contribution in [0.5, 0.6) is 0 Å². The number of hydrogen-bond acceptors (Lipinski definition) is 4. The fraction of sp³-hybridized carbons (Fsp3) is 0.273. The van der Waals surface area contributed by atoms with Gasteiger partial charge in [-0.3, -0.25) is 9.78 Å². The van der Waals surface area contributed by atoms with Gasteiger partial charge in [0, 0.05) is 43.4 Å². The quantitative estimate of drug-likeness (QED) is 0.776. The van der Waals surface area contributed by atoms with Crippen LogP contribution >= 0.6 is 0 Å². The predicted molar refractivity (Wildman–Crippen MR) is 110 cm³/mol. The first-order valence-corrected chi connectivity index (χ1v) is 9.38. The van der Waals surface area contributed by atoms with Crippen LogP contribution in [0.25, 0.3) is 10.9 Å². The average molecular weight is 360 g/mol. The van der Waals surface area contributed by atoms with Gasteiger partial charge in [0.15, 0.2) is 0 Å². The van der Waals surface area contributed by atoms with Crippen molar-refractivity contribution in [3.05, 3.63) is 66.4 Å². The highest BCUT2D eigenvalue weighted by molar-refractivity contribution is 5.92. The van der Waals surface area contributed by atoms with E-state index in [4.69, 9.17) is 0 Å². The highest BCUT2D eigenvalue weighted by Crippen LogP contribution is 2.21. The molecule has 0 radical (unpaired) electrons. The number of carbonyl (C=O) groups excluding carboxylic acids is 1. The zero-order valence-electron chi connectivity index (χ0n) is 15.6. The van der Waals surface area contributed by atoms with Gasteiger partial charge < -0.3 is 15.1 Å². The first-order chi connectivity index (χ1) is 13.2. The number of hydrogen-bond donors (Lipinski definition) is 1. The summed E-state index contributed by atoms with van der Waals surface area (Å²) in [5.74, 6) is 0.131. The summed E-state index contributed by atoms with van der Waals surface area (Å²) in [7, 11) is 0. The number of rotatable bonds is 4. The molecule has 0 spiro atoms. The summed E-state index contributed by atoms with van der Waals surface area (Å²) in [6, 6.07) is 18.5. The first kappa shape index (κ1) is 17.3. The van der Waals surface area contributed by atoms with Gasteiger partial charge >= 0.3 is 0 Å².